The smallest absolute Gasteiger partial charge is 0.314 e. The third-order valence-corrected chi connectivity index (χ3v) is 2.41. The summed E-state index contributed by atoms with van der Waals surface area (Å²) >= 11 is 0. The van der Waals surface area contributed by atoms with E-state index >= 15 is 0 Å². The van der Waals surface area contributed by atoms with E-state index < -0.39 is 4.92 Å². The van der Waals surface area contributed by atoms with Crippen LogP contribution in [-0.2, 0) is 6.54 Å². The van der Waals surface area contributed by atoms with Crippen LogP contribution in [0.15, 0.2) is 30.9 Å². The van der Waals surface area contributed by atoms with E-state index in [2.05, 4.69) is 10.1 Å². The zero-order chi connectivity index (χ0) is 13.7. The van der Waals surface area contributed by atoms with Crippen molar-refractivity contribution in [2.24, 2.45) is 0 Å². The van der Waals surface area contributed by atoms with Crippen LogP contribution in [-0.4, -0.2) is 33.4 Å². The predicted molar refractivity (Wildman–Crippen MR) is 65.2 cm³/mol. The van der Waals surface area contributed by atoms with Crippen molar-refractivity contribution < 1.29 is 14.4 Å². The highest BCUT2D eigenvalue weighted by Gasteiger charge is 2.16. The Morgan fingerprint density at radius 2 is 2.32 bits per heavy atom. The zero-order valence-corrected chi connectivity index (χ0v) is 10.2. The van der Waals surface area contributed by atoms with Gasteiger partial charge in [-0.25, -0.2) is 9.67 Å². The molecule has 0 bridgehead atoms. The van der Waals surface area contributed by atoms with Crippen LogP contribution in [0.3, 0.4) is 0 Å². The molecule has 1 heterocycles. The molecule has 0 radical (unpaired) electrons. The fourth-order valence-electron chi connectivity index (χ4n) is 1.49. The van der Waals surface area contributed by atoms with E-state index in [0.29, 0.717) is 12.3 Å². The standard InChI is InChI=1S/C11H12N4O4/c1-18-9-2-3-11(10(6-9)15(16)17)19-5-4-14-8-12-7-13-14/h2-3,6-8H,4-5H2,1H3. The molecule has 0 unspecified atom stereocenters. The molecule has 0 atom stereocenters. The van der Waals surface area contributed by atoms with Crippen molar-refractivity contribution in [3.05, 3.63) is 41.0 Å². The van der Waals surface area contributed by atoms with Gasteiger partial charge in [-0.2, -0.15) is 5.10 Å². The molecule has 0 aliphatic rings. The van der Waals surface area contributed by atoms with Crippen LogP contribution in [0.1, 0.15) is 0 Å². The van der Waals surface area contributed by atoms with Gasteiger partial charge in [-0.05, 0) is 12.1 Å². The SMILES string of the molecule is COc1ccc(OCCn2cncn2)c([N+](=O)[O-])c1. The molecule has 8 nitrogen and oxygen atoms in total. The Morgan fingerprint density at radius 1 is 1.47 bits per heavy atom. The lowest BCUT2D eigenvalue weighted by Gasteiger charge is -2.07. The maximum atomic E-state index is 10.9. The molecule has 0 saturated carbocycles. The van der Waals surface area contributed by atoms with Crippen LogP contribution >= 0.6 is 0 Å². The normalized spacial score (nSPS) is 10.2. The Labute approximate surface area is 108 Å². The van der Waals surface area contributed by atoms with Crippen molar-refractivity contribution in [3.8, 4) is 11.5 Å². The fraction of sp³-hybridized carbons (Fsp3) is 0.273. The molecule has 0 aliphatic carbocycles. The van der Waals surface area contributed by atoms with Gasteiger partial charge in [0.25, 0.3) is 0 Å². The number of nitro groups is 1. The highest BCUT2D eigenvalue weighted by molar-refractivity contribution is 5.50. The van der Waals surface area contributed by atoms with Crippen molar-refractivity contribution in [2.75, 3.05) is 13.7 Å². The molecule has 1 aromatic heterocycles. The maximum Gasteiger partial charge on any atom is 0.314 e. The summed E-state index contributed by atoms with van der Waals surface area (Å²) in [6.07, 6.45) is 2.96. The molecule has 0 spiro atoms. The highest BCUT2D eigenvalue weighted by Crippen LogP contribution is 2.30. The van der Waals surface area contributed by atoms with Crippen LogP contribution in [0.4, 0.5) is 5.69 Å². The molecular formula is C11H12N4O4. The number of hydrogen-bond acceptors (Lipinski definition) is 6. The van der Waals surface area contributed by atoms with E-state index in [1.165, 1.54) is 25.6 Å². The number of aromatic nitrogens is 3. The lowest BCUT2D eigenvalue weighted by molar-refractivity contribution is -0.385. The average Bonchev–Trinajstić information content (AvgIpc) is 2.92. The van der Waals surface area contributed by atoms with Gasteiger partial charge in [0.1, 0.15) is 25.0 Å². The minimum absolute atomic E-state index is 0.127. The maximum absolute atomic E-state index is 10.9. The van der Waals surface area contributed by atoms with E-state index in [-0.39, 0.29) is 18.0 Å². The molecule has 0 N–H and O–H groups in total. The average molecular weight is 264 g/mol. The van der Waals surface area contributed by atoms with Gasteiger partial charge in [-0.15, -0.1) is 0 Å². The lowest BCUT2D eigenvalue weighted by atomic mass is 10.3. The monoisotopic (exact) mass is 264 g/mol. The Morgan fingerprint density at radius 3 is 2.95 bits per heavy atom. The third kappa shape index (κ3) is 3.18. The molecule has 8 heteroatoms. The van der Waals surface area contributed by atoms with Crippen LogP contribution < -0.4 is 9.47 Å². The second kappa shape index (κ2) is 5.80. The summed E-state index contributed by atoms with van der Waals surface area (Å²) in [6, 6.07) is 4.45. The number of hydrogen-bond donors (Lipinski definition) is 0. The van der Waals surface area contributed by atoms with E-state index in [9.17, 15) is 10.1 Å². The van der Waals surface area contributed by atoms with Gasteiger partial charge in [0.15, 0.2) is 5.75 Å². The zero-order valence-electron chi connectivity index (χ0n) is 10.2. The minimum Gasteiger partial charge on any atom is -0.496 e. The largest absolute Gasteiger partial charge is 0.496 e. The van der Waals surface area contributed by atoms with Gasteiger partial charge in [-0.1, -0.05) is 0 Å². The van der Waals surface area contributed by atoms with Gasteiger partial charge >= 0.3 is 5.69 Å². The number of ether oxygens (including phenoxy) is 2. The molecule has 0 aliphatic heterocycles. The Hall–Kier alpha value is -2.64. The predicted octanol–water partition coefficient (Wildman–Crippen LogP) is 1.27. The van der Waals surface area contributed by atoms with Crippen molar-refractivity contribution in [1.29, 1.82) is 0 Å². The van der Waals surface area contributed by atoms with E-state index in [1.807, 2.05) is 0 Å². The molecule has 1 aromatic carbocycles. The first-order valence-corrected chi connectivity index (χ1v) is 5.48. The molecule has 0 amide bonds. The van der Waals surface area contributed by atoms with Crippen molar-refractivity contribution in [2.45, 2.75) is 6.54 Å². The first-order chi connectivity index (χ1) is 9.20. The Balaban J connectivity index is 2.04. The van der Waals surface area contributed by atoms with Crippen molar-refractivity contribution in [1.82, 2.24) is 14.8 Å². The Bertz CT molecular complexity index is 556. The van der Waals surface area contributed by atoms with Gasteiger partial charge in [0.05, 0.1) is 24.6 Å². The summed E-state index contributed by atoms with van der Waals surface area (Å²) in [4.78, 5) is 14.2. The van der Waals surface area contributed by atoms with Gasteiger partial charge in [-0.3, -0.25) is 10.1 Å². The highest BCUT2D eigenvalue weighted by atomic mass is 16.6. The summed E-state index contributed by atoms with van der Waals surface area (Å²) in [5.41, 5.74) is -0.127. The van der Waals surface area contributed by atoms with Gasteiger partial charge in [0, 0.05) is 0 Å². The first kappa shape index (κ1) is 12.8. The summed E-state index contributed by atoms with van der Waals surface area (Å²) < 4.78 is 11.9. The van der Waals surface area contributed by atoms with Crippen LogP contribution in [0, 0.1) is 10.1 Å². The second-order valence-corrected chi connectivity index (χ2v) is 3.60. The van der Waals surface area contributed by atoms with Crippen molar-refractivity contribution in [3.63, 3.8) is 0 Å². The van der Waals surface area contributed by atoms with Crippen LogP contribution in [0.2, 0.25) is 0 Å². The number of benzene rings is 1. The molecular weight excluding hydrogens is 252 g/mol. The summed E-state index contributed by atoms with van der Waals surface area (Å²) in [5, 5.41) is 14.8. The molecule has 0 saturated heterocycles. The fourth-order valence-corrected chi connectivity index (χ4v) is 1.49. The third-order valence-electron chi connectivity index (χ3n) is 2.41. The summed E-state index contributed by atoms with van der Waals surface area (Å²) in [6.45, 7) is 0.722. The molecule has 2 aromatic rings. The van der Waals surface area contributed by atoms with Crippen LogP contribution in [0.25, 0.3) is 0 Å². The summed E-state index contributed by atoms with van der Waals surface area (Å²) in [5.74, 6) is 0.612. The van der Waals surface area contributed by atoms with E-state index in [0.717, 1.165) is 0 Å². The van der Waals surface area contributed by atoms with Crippen molar-refractivity contribution >= 4 is 5.69 Å². The number of rotatable bonds is 6. The lowest BCUT2D eigenvalue weighted by Crippen LogP contribution is -2.09. The van der Waals surface area contributed by atoms with E-state index in [1.54, 1.807) is 17.1 Å². The topological polar surface area (TPSA) is 92.3 Å². The summed E-state index contributed by atoms with van der Waals surface area (Å²) in [7, 11) is 1.45. The molecule has 2 rings (SSSR count). The first-order valence-electron chi connectivity index (χ1n) is 5.48. The second-order valence-electron chi connectivity index (χ2n) is 3.60. The quantitative estimate of drug-likeness (QED) is 0.576. The number of nitro benzene ring substituents is 1. The molecule has 0 fully saturated rings. The molecule has 19 heavy (non-hydrogen) atoms. The Kier molecular flexibility index (Phi) is 3.91. The number of methoxy groups -OCH3 is 1. The van der Waals surface area contributed by atoms with E-state index in [4.69, 9.17) is 9.47 Å². The minimum atomic E-state index is -0.507. The molecule has 100 valence electrons. The number of nitrogens with zero attached hydrogens (tertiary/aromatic N) is 4. The van der Waals surface area contributed by atoms with Gasteiger partial charge < -0.3 is 9.47 Å². The van der Waals surface area contributed by atoms with Gasteiger partial charge in [0.2, 0.25) is 0 Å². The van der Waals surface area contributed by atoms with Crippen LogP contribution in [0.5, 0.6) is 11.5 Å².